The predicted octanol–water partition coefficient (Wildman–Crippen LogP) is 2.14. The smallest absolute Gasteiger partial charge is 0.337 e. The molecule has 0 radical (unpaired) electrons. The molecule has 1 amide bonds. The molecule has 18 heavy (non-hydrogen) atoms. The average Bonchev–Trinajstić information content (AvgIpc) is 2.81. The number of aromatic nitrogens is 2. The van der Waals surface area contributed by atoms with Crippen LogP contribution in [0.4, 0.5) is 5.69 Å². The minimum Gasteiger partial charge on any atom is -0.478 e. The minimum absolute atomic E-state index is 0.0368. The highest BCUT2D eigenvalue weighted by atomic mass is 35.5. The second-order valence-electron chi connectivity index (χ2n) is 3.23. The van der Waals surface area contributed by atoms with Crippen molar-refractivity contribution in [2.24, 2.45) is 0 Å². The number of carboxylic acid groups (broad SMARTS) is 1. The normalized spacial score (nSPS) is 10.1. The second-order valence-corrected chi connectivity index (χ2v) is 4.45. The summed E-state index contributed by atoms with van der Waals surface area (Å²) in [5.41, 5.74) is 0.0959. The molecule has 0 saturated carbocycles. The molecule has 2 rings (SSSR count). The molecule has 1 heterocycles. The maximum atomic E-state index is 11.7. The second kappa shape index (κ2) is 5.11. The number of hydrogen-bond donors (Lipinski definition) is 2. The summed E-state index contributed by atoms with van der Waals surface area (Å²) in [6.07, 6.45) is 1.30. The number of halogens is 1. The predicted molar refractivity (Wildman–Crippen MR) is 66.3 cm³/mol. The van der Waals surface area contributed by atoms with Crippen LogP contribution in [-0.2, 0) is 0 Å². The first-order valence-corrected chi connectivity index (χ1v) is 5.84. The molecule has 8 heteroatoms. The Hall–Kier alpha value is -1.99. The number of rotatable bonds is 3. The van der Waals surface area contributed by atoms with Crippen LogP contribution in [0.2, 0.25) is 5.02 Å². The molecule has 0 bridgehead atoms. The Balaban J connectivity index is 2.31. The number of nitrogens with zero attached hydrogens (tertiary/aromatic N) is 2. The molecule has 1 aromatic heterocycles. The van der Waals surface area contributed by atoms with E-state index in [9.17, 15) is 9.59 Å². The van der Waals surface area contributed by atoms with Crippen molar-refractivity contribution in [1.29, 1.82) is 0 Å². The Morgan fingerprint density at radius 1 is 1.39 bits per heavy atom. The van der Waals surface area contributed by atoms with Crippen molar-refractivity contribution in [1.82, 2.24) is 9.59 Å². The monoisotopic (exact) mass is 283 g/mol. The Morgan fingerprint density at radius 2 is 2.17 bits per heavy atom. The van der Waals surface area contributed by atoms with E-state index in [-0.39, 0.29) is 16.1 Å². The van der Waals surface area contributed by atoms with Crippen LogP contribution in [0, 0.1) is 0 Å². The summed E-state index contributed by atoms with van der Waals surface area (Å²) in [4.78, 5) is 23.0. The van der Waals surface area contributed by atoms with Crippen molar-refractivity contribution in [2.75, 3.05) is 5.32 Å². The van der Waals surface area contributed by atoms with Crippen LogP contribution in [0.5, 0.6) is 0 Å². The van der Waals surface area contributed by atoms with Gasteiger partial charge in [0.2, 0.25) is 0 Å². The molecule has 92 valence electrons. The molecule has 2 aromatic rings. The Kier molecular flexibility index (Phi) is 3.54. The lowest BCUT2D eigenvalue weighted by Crippen LogP contribution is -2.13. The van der Waals surface area contributed by atoms with E-state index < -0.39 is 11.9 Å². The van der Waals surface area contributed by atoms with Crippen molar-refractivity contribution < 1.29 is 14.7 Å². The molecular formula is C10H6ClN3O3S. The lowest BCUT2D eigenvalue weighted by Gasteiger charge is -2.07. The standard InChI is InChI=1S/C10H6ClN3O3S/c11-5-1-2-6(10(16)17)7(3-5)13-9(15)8-4-12-14-18-8/h1-4H,(H,13,15)(H,16,17). The topological polar surface area (TPSA) is 92.2 Å². The summed E-state index contributed by atoms with van der Waals surface area (Å²) < 4.78 is 3.55. The van der Waals surface area contributed by atoms with E-state index in [1.165, 1.54) is 24.4 Å². The zero-order valence-electron chi connectivity index (χ0n) is 8.75. The third kappa shape index (κ3) is 2.63. The van der Waals surface area contributed by atoms with Gasteiger partial charge in [0.15, 0.2) is 0 Å². The maximum absolute atomic E-state index is 11.7. The van der Waals surface area contributed by atoms with E-state index in [0.29, 0.717) is 5.02 Å². The summed E-state index contributed by atoms with van der Waals surface area (Å²) in [6, 6.07) is 4.14. The molecule has 1 aromatic carbocycles. The molecule has 0 unspecified atom stereocenters. The fourth-order valence-corrected chi connectivity index (χ4v) is 1.84. The Bertz CT molecular complexity index is 600. The zero-order valence-corrected chi connectivity index (χ0v) is 10.3. The summed E-state index contributed by atoms with van der Waals surface area (Å²) in [6.45, 7) is 0. The van der Waals surface area contributed by atoms with Gasteiger partial charge in [0.05, 0.1) is 17.4 Å². The van der Waals surface area contributed by atoms with Gasteiger partial charge in [-0.3, -0.25) is 4.79 Å². The van der Waals surface area contributed by atoms with Gasteiger partial charge in [-0.05, 0) is 29.7 Å². The van der Waals surface area contributed by atoms with Gasteiger partial charge in [-0.1, -0.05) is 16.1 Å². The minimum atomic E-state index is -1.15. The quantitative estimate of drug-likeness (QED) is 0.900. The molecular weight excluding hydrogens is 278 g/mol. The number of carbonyl (C=O) groups excluding carboxylic acids is 1. The molecule has 0 aliphatic rings. The van der Waals surface area contributed by atoms with Crippen LogP contribution in [0.3, 0.4) is 0 Å². The number of aromatic carboxylic acids is 1. The van der Waals surface area contributed by atoms with E-state index in [2.05, 4.69) is 14.9 Å². The van der Waals surface area contributed by atoms with E-state index in [1.807, 2.05) is 0 Å². The number of benzene rings is 1. The van der Waals surface area contributed by atoms with Crippen molar-refractivity contribution in [3.8, 4) is 0 Å². The zero-order chi connectivity index (χ0) is 13.1. The third-order valence-corrected chi connectivity index (χ3v) is 2.94. The highest BCUT2D eigenvalue weighted by Gasteiger charge is 2.15. The van der Waals surface area contributed by atoms with Gasteiger partial charge < -0.3 is 10.4 Å². The average molecular weight is 284 g/mol. The van der Waals surface area contributed by atoms with Crippen molar-refractivity contribution in [3.05, 3.63) is 39.9 Å². The maximum Gasteiger partial charge on any atom is 0.337 e. The first-order chi connectivity index (χ1) is 8.58. The Morgan fingerprint density at radius 3 is 2.78 bits per heavy atom. The van der Waals surface area contributed by atoms with E-state index >= 15 is 0 Å². The molecule has 0 aliphatic heterocycles. The van der Waals surface area contributed by atoms with Crippen molar-refractivity contribution >= 4 is 40.7 Å². The van der Waals surface area contributed by atoms with Gasteiger partial charge >= 0.3 is 5.97 Å². The first kappa shape index (κ1) is 12.5. The van der Waals surface area contributed by atoms with Gasteiger partial charge in [0.25, 0.3) is 5.91 Å². The number of anilines is 1. The third-order valence-electron chi connectivity index (χ3n) is 2.05. The molecule has 6 nitrogen and oxygen atoms in total. The highest BCUT2D eigenvalue weighted by molar-refractivity contribution is 7.07. The van der Waals surface area contributed by atoms with E-state index in [1.54, 1.807) is 0 Å². The molecule has 0 saturated heterocycles. The number of nitrogens with one attached hydrogen (secondary N) is 1. The molecule has 0 atom stereocenters. The van der Waals surface area contributed by atoms with Gasteiger partial charge in [-0.2, -0.15) is 0 Å². The van der Waals surface area contributed by atoms with Crippen molar-refractivity contribution in [2.45, 2.75) is 0 Å². The summed E-state index contributed by atoms with van der Waals surface area (Å²) in [5.74, 6) is -1.63. The Labute approximate surface area is 110 Å². The SMILES string of the molecule is O=C(Nc1cc(Cl)ccc1C(=O)O)c1cnns1. The van der Waals surface area contributed by atoms with Gasteiger partial charge in [0, 0.05) is 5.02 Å². The highest BCUT2D eigenvalue weighted by Crippen LogP contribution is 2.22. The van der Waals surface area contributed by atoms with Crippen molar-refractivity contribution in [3.63, 3.8) is 0 Å². The van der Waals surface area contributed by atoms with Crippen LogP contribution >= 0.6 is 23.1 Å². The van der Waals surface area contributed by atoms with Crippen LogP contribution < -0.4 is 5.32 Å². The van der Waals surface area contributed by atoms with Gasteiger partial charge in [0.1, 0.15) is 4.88 Å². The van der Waals surface area contributed by atoms with Crippen LogP contribution in [0.25, 0.3) is 0 Å². The summed E-state index contributed by atoms with van der Waals surface area (Å²) >= 11 is 6.68. The van der Waals surface area contributed by atoms with E-state index in [4.69, 9.17) is 16.7 Å². The molecule has 0 aliphatic carbocycles. The van der Waals surface area contributed by atoms with Gasteiger partial charge in [-0.15, -0.1) is 5.10 Å². The summed E-state index contributed by atoms with van der Waals surface area (Å²) in [5, 5.41) is 15.3. The van der Waals surface area contributed by atoms with Crippen LogP contribution in [0.15, 0.2) is 24.4 Å². The summed E-state index contributed by atoms with van der Waals surface area (Å²) in [7, 11) is 0. The number of hydrogen-bond acceptors (Lipinski definition) is 5. The lowest BCUT2D eigenvalue weighted by atomic mass is 10.2. The molecule has 0 spiro atoms. The van der Waals surface area contributed by atoms with Crippen LogP contribution in [-0.4, -0.2) is 26.6 Å². The van der Waals surface area contributed by atoms with E-state index in [0.717, 1.165) is 11.5 Å². The molecule has 2 N–H and O–H groups in total. The lowest BCUT2D eigenvalue weighted by molar-refractivity contribution is 0.0698. The largest absolute Gasteiger partial charge is 0.478 e. The van der Waals surface area contributed by atoms with Crippen LogP contribution in [0.1, 0.15) is 20.0 Å². The first-order valence-electron chi connectivity index (χ1n) is 4.69. The number of amides is 1. The van der Waals surface area contributed by atoms with Gasteiger partial charge in [-0.25, -0.2) is 4.79 Å². The molecule has 0 fully saturated rings. The number of carboxylic acids is 1. The number of carbonyl (C=O) groups is 2. The fourth-order valence-electron chi connectivity index (χ4n) is 1.26. The fraction of sp³-hybridized carbons (Fsp3) is 0.